The third-order valence-corrected chi connectivity index (χ3v) is 11.9. The van der Waals surface area contributed by atoms with Crippen LogP contribution in [0, 0.1) is 0 Å². The van der Waals surface area contributed by atoms with Gasteiger partial charge in [-0.2, -0.15) is 0 Å². The molecule has 0 aliphatic carbocycles. The van der Waals surface area contributed by atoms with Gasteiger partial charge >= 0.3 is 11.9 Å². The van der Waals surface area contributed by atoms with E-state index in [0.29, 0.717) is 32.2 Å². The summed E-state index contributed by atoms with van der Waals surface area (Å²) in [5.41, 5.74) is 5.49. The predicted octanol–water partition coefficient (Wildman–Crippen LogP) is 14.9. The van der Waals surface area contributed by atoms with Gasteiger partial charge in [0.05, 0.1) is 0 Å². The van der Waals surface area contributed by atoms with E-state index in [4.69, 9.17) is 10.5 Å². The number of hydrogen-bond donors (Lipinski definition) is 3. The highest BCUT2D eigenvalue weighted by atomic mass is 16.5. The first kappa shape index (κ1) is 55.4. The van der Waals surface area contributed by atoms with Crippen molar-refractivity contribution in [3.8, 4) is 0 Å². The Labute approximate surface area is 354 Å². The molecule has 0 aliphatic heterocycles. The summed E-state index contributed by atoms with van der Waals surface area (Å²) in [5.74, 6) is -1.21. The Morgan fingerprint density at radius 3 is 1.09 bits per heavy atom. The van der Waals surface area contributed by atoms with E-state index in [1.165, 1.54) is 180 Å². The summed E-state index contributed by atoms with van der Waals surface area (Å²) in [7, 11) is 0. The minimum Gasteiger partial charge on any atom is -0.480 e. The first-order valence-corrected chi connectivity index (χ1v) is 25.4. The average Bonchev–Trinajstić information content (AvgIpc) is 3.20. The Kier molecular flexibility index (Phi) is 44.2. The number of carboxylic acids is 1. The summed E-state index contributed by atoms with van der Waals surface area (Å²) in [4.78, 5) is 36.5. The maximum absolute atomic E-state index is 12.8. The second-order valence-electron chi connectivity index (χ2n) is 17.6. The van der Waals surface area contributed by atoms with Crippen LogP contribution in [0.25, 0.3) is 0 Å². The summed E-state index contributed by atoms with van der Waals surface area (Å²) < 4.78 is 6.07. The maximum atomic E-state index is 12.8. The smallest absolute Gasteiger partial charge is 0.326 e. The number of ether oxygens (including phenoxy) is 1. The molecule has 2 unspecified atom stereocenters. The fraction of sp³-hybridized carbons (Fsp3) is 0.940. The summed E-state index contributed by atoms with van der Waals surface area (Å²) in [5, 5.41) is 12.0. The number of carbonyl (C=O) groups is 3. The van der Waals surface area contributed by atoms with E-state index < -0.39 is 12.0 Å². The van der Waals surface area contributed by atoms with Gasteiger partial charge in [-0.05, 0) is 57.9 Å². The van der Waals surface area contributed by atoms with Crippen LogP contribution in [0.2, 0.25) is 0 Å². The molecule has 0 saturated heterocycles. The number of amides is 1. The van der Waals surface area contributed by atoms with Gasteiger partial charge < -0.3 is 20.9 Å². The van der Waals surface area contributed by atoms with E-state index in [1.807, 2.05) is 0 Å². The standard InChI is InChI=1S/C50H98N2O5/c1-3-5-7-9-11-13-15-16-17-18-19-20-21-22-23-24-25-27-29-34-38-44-49(54)57-46(40-35-31-28-26-14-12-10-8-6-4-2)41-36-32-30-33-37-43-48(53)52-47(50(55)56)42-39-45-51/h46-47H,3-45,51H2,1-2H3,(H,52,53)(H,55,56). The molecule has 7 nitrogen and oxygen atoms in total. The van der Waals surface area contributed by atoms with E-state index in [2.05, 4.69) is 19.2 Å². The molecular weight excluding hydrogens is 709 g/mol. The average molecular weight is 807 g/mol. The van der Waals surface area contributed by atoms with Gasteiger partial charge in [0.15, 0.2) is 0 Å². The molecule has 0 aromatic heterocycles. The highest BCUT2D eigenvalue weighted by Gasteiger charge is 2.19. The quantitative estimate of drug-likeness (QED) is 0.0416. The van der Waals surface area contributed by atoms with Crippen molar-refractivity contribution in [3.63, 3.8) is 0 Å². The Bertz CT molecular complexity index is 868. The number of carbonyl (C=O) groups excluding carboxylic acids is 2. The third kappa shape index (κ3) is 42.3. The maximum Gasteiger partial charge on any atom is 0.326 e. The molecule has 2 atom stereocenters. The topological polar surface area (TPSA) is 119 Å². The largest absolute Gasteiger partial charge is 0.480 e. The lowest BCUT2D eigenvalue weighted by atomic mass is 10.0. The molecule has 0 aliphatic rings. The van der Waals surface area contributed by atoms with Crippen LogP contribution in [0.5, 0.6) is 0 Å². The van der Waals surface area contributed by atoms with E-state index in [0.717, 1.165) is 64.2 Å². The number of aliphatic carboxylic acids is 1. The molecule has 57 heavy (non-hydrogen) atoms. The second kappa shape index (κ2) is 45.5. The van der Waals surface area contributed by atoms with Crippen molar-refractivity contribution in [1.29, 1.82) is 0 Å². The molecule has 4 N–H and O–H groups in total. The van der Waals surface area contributed by atoms with Crippen molar-refractivity contribution >= 4 is 17.8 Å². The van der Waals surface area contributed by atoms with E-state index >= 15 is 0 Å². The lowest BCUT2D eigenvalue weighted by molar-refractivity contribution is -0.150. The number of esters is 1. The molecule has 0 heterocycles. The summed E-state index contributed by atoms with van der Waals surface area (Å²) in [6, 6.07) is -0.852. The summed E-state index contributed by atoms with van der Waals surface area (Å²) in [6.07, 6.45) is 50.3. The Morgan fingerprint density at radius 1 is 0.439 bits per heavy atom. The molecule has 1 amide bonds. The third-order valence-electron chi connectivity index (χ3n) is 11.9. The molecule has 0 aromatic carbocycles. The highest BCUT2D eigenvalue weighted by molar-refractivity contribution is 5.83. The number of rotatable bonds is 47. The Morgan fingerprint density at radius 2 is 0.754 bits per heavy atom. The first-order valence-electron chi connectivity index (χ1n) is 25.4. The second-order valence-corrected chi connectivity index (χ2v) is 17.6. The van der Waals surface area contributed by atoms with E-state index in [9.17, 15) is 19.5 Å². The van der Waals surface area contributed by atoms with Crippen LogP contribution < -0.4 is 11.1 Å². The number of nitrogens with one attached hydrogen (secondary N) is 1. The number of unbranched alkanes of at least 4 members (excludes halogenated alkanes) is 33. The predicted molar refractivity (Wildman–Crippen MR) is 244 cm³/mol. The Balaban J connectivity index is 4.10. The fourth-order valence-corrected chi connectivity index (χ4v) is 8.10. The van der Waals surface area contributed by atoms with Crippen molar-refractivity contribution in [2.75, 3.05) is 6.54 Å². The van der Waals surface area contributed by atoms with E-state index in [-0.39, 0.29) is 18.0 Å². The fourth-order valence-electron chi connectivity index (χ4n) is 8.10. The monoisotopic (exact) mass is 807 g/mol. The molecule has 0 rings (SSSR count). The van der Waals surface area contributed by atoms with Crippen LogP contribution in [0.15, 0.2) is 0 Å². The lowest BCUT2D eigenvalue weighted by Gasteiger charge is -2.18. The van der Waals surface area contributed by atoms with E-state index in [1.54, 1.807) is 0 Å². The molecule has 0 bridgehead atoms. The minimum absolute atomic E-state index is 0.0120. The molecule has 0 fully saturated rings. The van der Waals surface area contributed by atoms with Crippen LogP contribution in [-0.2, 0) is 19.1 Å². The van der Waals surface area contributed by atoms with Gasteiger partial charge in [0, 0.05) is 12.8 Å². The molecule has 338 valence electrons. The van der Waals surface area contributed by atoms with Gasteiger partial charge in [-0.3, -0.25) is 9.59 Å². The van der Waals surface area contributed by atoms with Crippen molar-refractivity contribution < 1.29 is 24.2 Å². The molecule has 7 heteroatoms. The highest BCUT2D eigenvalue weighted by Crippen LogP contribution is 2.20. The van der Waals surface area contributed by atoms with Crippen molar-refractivity contribution in [3.05, 3.63) is 0 Å². The minimum atomic E-state index is -0.999. The van der Waals surface area contributed by atoms with Crippen LogP contribution >= 0.6 is 0 Å². The van der Waals surface area contributed by atoms with Crippen molar-refractivity contribution in [1.82, 2.24) is 5.32 Å². The zero-order valence-corrected chi connectivity index (χ0v) is 38.2. The number of nitrogens with two attached hydrogens (primary N) is 1. The van der Waals surface area contributed by atoms with Crippen LogP contribution in [0.1, 0.15) is 284 Å². The first-order chi connectivity index (χ1) is 27.9. The van der Waals surface area contributed by atoms with Crippen LogP contribution in [0.4, 0.5) is 0 Å². The Hall–Kier alpha value is -1.63. The normalized spacial score (nSPS) is 12.5. The molecule has 0 saturated carbocycles. The molecule has 0 radical (unpaired) electrons. The van der Waals surface area contributed by atoms with Gasteiger partial charge in [0.25, 0.3) is 0 Å². The molecular formula is C50H98N2O5. The zero-order valence-electron chi connectivity index (χ0n) is 38.2. The van der Waals surface area contributed by atoms with Gasteiger partial charge in [0.1, 0.15) is 12.1 Å². The molecule has 0 spiro atoms. The van der Waals surface area contributed by atoms with Gasteiger partial charge in [-0.15, -0.1) is 0 Å². The van der Waals surface area contributed by atoms with Crippen molar-refractivity contribution in [2.24, 2.45) is 5.73 Å². The number of hydrogen-bond acceptors (Lipinski definition) is 5. The SMILES string of the molecule is CCCCCCCCCCCCCCCCCCCCCCCC(=O)OC(CCCCCCCCCCCC)CCCCCCCC(=O)NC(CCCN)C(=O)O. The van der Waals surface area contributed by atoms with Crippen molar-refractivity contribution in [2.45, 2.75) is 296 Å². The summed E-state index contributed by atoms with van der Waals surface area (Å²) in [6.45, 7) is 4.98. The number of carboxylic acid groups (broad SMARTS) is 1. The summed E-state index contributed by atoms with van der Waals surface area (Å²) >= 11 is 0. The van der Waals surface area contributed by atoms with Crippen LogP contribution in [0.3, 0.4) is 0 Å². The molecule has 0 aromatic rings. The lowest BCUT2D eigenvalue weighted by Crippen LogP contribution is -2.40. The van der Waals surface area contributed by atoms with Crippen LogP contribution in [-0.4, -0.2) is 41.6 Å². The van der Waals surface area contributed by atoms with Gasteiger partial charge in [0.2, 0.25) is 5.91 Å². The zero-order chi connectivity index (χ0) is 41.7. The van der Waals surface area contributed by atoms with Gasteiger partial charge in [-0.25, -0.2) is 4.79 Å². The van der Waals surface area contributed by atoms with Gasteiger partial charge in [-0.1, -0.05) is 219 Å².